The monoisotopic (exact) mass is 456 g/mol. The minimum absolute atomic E-state index is 0.0745. The number of para-hydroxylation sites is 2. The van der Waals surface area contributed by atoms with Crippen LogP contribution in [0.4, 0.5) is 0 Å². The van der Waals surface area contributed by atoms with Gasteiger partial charge in [0, 0.05) is 38.3 Å². The summed E-state index contributed by atoms with van der Waals surface area (Å²) in [6, 6.07) is 29.3. The fourth-order valence-electron chi connectivity index (χ4n) is 6.78. The number of fused-ring (bicyclic) bond motifs is 7. The fourth-order valence-corrected chi connectivity index (χ4v) is 6.78. The van der Waals surface area contributed by atoms with E-state index in [0.717, 1.165) is 0 Å². The molecule has 0 spiro atoms. The Hall–Kier alpha value is -3.52. The molecule has 2 heteroatoms. The number of benzene rings is 4. The van der Waals surface area contributed by atoms with Crippen LogP contribution in [0.25, 0.3) is 49.3 Å². The molecule has 1 N–H and O–H groups in total. The van der Waals surface area contributed by atoms with Crippen molar-refractivity contribution in [2.75, 3.05) is 0 Å². The van der Waals surface area contributed by atoms with Gasteiger partial charge in [-0.25, -0.2) is 0 Å². The number of aromatic nitrogens is 2. The smallest absolute Gasteiger partial charge is 0.0562 e. The van der Waals surface area contributed by atoms with Crippen molar-refractivity contribution in [3.05, 3.63) is 90.0 Å². The third-order valence-electron chi connectivity index (χ3n) is 10.0. The van der Waals surface area contributed by atoms with E-state index < -0.39 is 0 Å². The van der Waals surface area contributed by atoms with E-state index in [9.17, 15) is 0 Å². The summed E-state index contributed by atoms with van der Waals surface area (Å²) < 4.78 is 2.46. The SMILES string of the molecule is CC1(C)c2ccc(-n3c4ccccc4c4cc5c(cc43)[nH]c3ccccc35)cc2C(C)(C)C1(C)C. The van der Waals surface area contributed by atoms with E-state index in [0.29, 0.717) is 0 Å². The van der Waals surface area contributed by atoms with Gasteiger partial charge in [-0.3, -0.25) is 0 Å². The highest BCUT2D eigenvalue weighted by atomic mass is 15.0. The minimum Gasteiger partial charge on any atom is -0.354 e. The van der Waals surface area contributed by atoms with Gasteiger partial charge < -0.3 is 9.55 Å². The van der Waals surface area contributed by atoms with Gasteiger partial charge in [-0.05, 0) is 63.8 Å². The Morgan fingerprint density at radius 2 is 1.23 bits per heavy atom. The van der Waals surface area contributed by atoms with Gasteiger partial charge in [0.05, 0.1) is 11.0 Å². The molecule has 6 aromatic rings. The van der Waals surface area contributed by atoms with Gasteiger partial charge in [0.1, 0.15) is 0 Å². The van der Waals surface area contributed by atoms with Crippen molar-refractivity contribution in [1.29, 1.82) is 0 Å². The van der Waals surface area contributed by atoms with Crippen molar-refractivity contribution in [2.24, 2.45) is 5.41 Å². The maximum absolute atomic E-state index is 3.66. The summed E-state index contributed by atoms with van der Waals surface area (Å²) in [4.78, 5) is 3.66. The van der Waals surface area contributed by atoms with Crippen molar-refractivity contribution in [1.82, 2.24) is 9.55 Å². The van der Waals surface area contributed by atoms with Gasteiger partial charge in [-0.15, -0.1) is 0 Å². The molecule has 1 aliphatic carbocycles. The zero-order valence-electron chi connectivity index (χ0n) is 21.5. The number of rotatable bonds is 1. The second-order valence-electron chi connectivity index (χ2n) is 12.0. The van der Waals surface area contributed by atoms with Gasteiger partial charge in [0.15, 0.2) is 0 Å². The molecule has 2 heterocycles. The predicted molar refractivity (Wildman–Crippen MR) is 150 cm³/mol. The summed E-state index contributed by atoms with van der Waals surface area (Å²) in [5.41, 5.74) is 9.42. The molecule has 0 saturated carbocycles. The van der Waals surface area contributed by atoms with Gasteiger partial charge in [-0.2, -0.15) is 0 Å². The highest BCUT2D eigenvalue weighted by molar-refractivity contribution is 6.18. The van der Waals surface area contributed by atoms with Crippen LogP contribution in [-0.4, -0.2) is 9.55 Å². The lowest BCUT2D eigenvalue weighted by Crippen LogP contribution is -2.42. The quantitative estimate of drug-likeness (QED) is 0.255. The standard InChI is InChI=1S/C33H32N2/c1-31(2)25-16-15-20(17-26(25)32(3,4)33(31,5)6)35-29-14-10-8-12-22(29)24-18-23-21-11-7-9-13-27(21)34-28(23)19-30(24)35/h7-19,34H,1-6H3. The summed E-state index contributed by atoms with van der Waals surface area (Å²) >= 11 is 0. The molecular formula is C33H32N2. The first kappa shape index (κ1) is 20.8. The highest BCUT2D eigenvalue weighted by Crippen LogP contribution is 2.61. The highest BCUT2D eigenvalue weighted by Gasteiger charge is 2.56. The fraction of sp³-hybridized carbons (Fsp3) is 0.273. The van der Waals surface area contributed by atoms with Gasteiger partial charge in [-0.1, -0.05) is 84.0 Å². The van der Waals surface area contributed by atoms with Crippen molar-refractivity contribution in [3.63, 3.8) is 0 Å². The van der Waals surface area contributed by atoms with Crippen molar-refractivity contribution in [3.8, 4) is 5.69 Å². The van der Waals surface area contributed by atoms with E-state index in [1.807, 2.05) is 0 Å². The first-order valence-corrected chi connectivity index (χ1v) is 12.7. The lowest BCUT2D eigenvalue weighted by Gasteiger charge is -2.44. The van der Waals surface area contributed by atoms with E-state index in [4.69, 9.17) is 0 Å². The second kappa shape index (κ2) is 6.37. The zero-order valence-corrected chi connectivity index (χ0v) is 21.5. The average Bonchev–Trinajstić information content (AvgIpc) is 3.39. The first-order valence-electron chi connectivity index (χ1n) is 12.7. The summed E-state index contributed by atoms with van der Waals surface area (Å²) in [5.74, 6) is 0. The van der Waals surface area contributed by atoms with Gasteiger partial charge in [0.25, 0.3) is 0 Å². The molecule has 0 amide bonds. The van der Waals surface area contributed by atoms with Crippen LogP contribution in [0.15, 0.2) is 78.9 Å². The number of nitrogens with one attached hydrogen (secondary N) is 1. The van der Waals surface area contributed by atoms with Gasteiger partial charge in [0.2, 0.25) is 0 Å². The number of H-pyrrole nitrogens is 1. The summed E-state index contributed by atoms with van der Waals surface area (Å²) in [7, 11) is 0. The van der Waals surface area contributed by atoms with Crippen LogP contribution in [0.5, 0.6) is 0 Å². The molecule has 0 atom stereocenters. The molecule has 4 aromatic carbocycles. The summed E-state index contributed by atoms with van der Waals surface area (Å²) in [6.45, 7) is 14.5. The van der Waals surface area contributed by atoms with Crippen molar-refractivity contribution < 1.29 is 0 Å². The molecule has 0 aliphatic heterocycles. The van der Waals surface area contributed by atoms with Crippen molar-refractivity contribution >= 4 is 43.6 Å². The predicted octanol–water partition coefficient (Wildman–Crippen LogP) is 9.01. The maximum atomic E-state index is 3.66. The third kappa shape index (κ3) is 2.40. The van der Waals surface area contributed by atoms with Crippen LogP contribution in [-0.2, 0) is 10.8 Å². The number of hydrogen-bond donors (Lipinski definition) is 1. The van der Waals surface area contributed by atoms with Crippen LogP contribution >= 0.6 is 0 Å². The molecule has 2 aromatic heterocycles. The average molecular weight is 457 g/mol. The zero-order chi connectivity index (χ0) is 24.3. The number of aromatic amines is 1. The van der Waals surface area contributed by atoms with E-state index in [1.165, 1.54) is 60.4 Å². The molecule has 0 fully saturated rings. The van der Waals surface area contributed by atoms with E-state index in [2.05, 4.69) is 130 Å². The Balaban J connectivity index is 1.58. The maximum Gasteiger partial charge on any atom is 0.0562 e. The van der Waals surface area contributed by atoms with Crippen LogP contribution < -0.4 is 0 Å². The molecule has 0 radical (unpaired) electrons. The number of hydrogen-bond acceptors (Lipinski definition) is 0. The Morgan fingerprint density at radius 3 is 2.03 bits per heavy atom. The molecular weight excluding hydrogens is 424 g/mol. The molecule has 174 valence electrons. The lowest BCUT2D eigenvalue weighted by atomic mass is 9.59. The topological polar surface area (TPSA) is 20.7 Å². The van der Waals surface area contributed by atoms with Crippen LogP contribution in [0.1, 0.15) is 52.7 Å². The molecule has 35 heavy (non-hydrogen) atoms. The Morgan fingerprint density at radius 1 is 0.543 bits per heavy atom. The van der Waals surface area contributed by atoms with E-state index in [-0.39, 0.29) is 16.2 Å². The van der Waals surface area contributed by atoms with Crippen molar-refractivity contribution in [2.45, 2.75) is 52.4 Å². The summed E-state index contributed by atoms with van der Waals surface area (Å²) in [6.07, 6.45) is 0. The molecule has 0 unspecified atom stereocenters. The Kier molecular flexibility index (Phi) is 3.79. The minimum atomic E-state index is 0.0745. The van der Waals surface area contributed by atoms with Crippen LogP contribution in [0.3, 0.4) is 0 Å². The Bertz CT molecular complexity index is 1820. The largest absolute Gasteiger partial charge is 0.354 e. The first-order chi connectivity index (χ1) is 16.6. The molecule has 1 aliphatic rings. The van der Waals surface area contributed by atoms with Crippen LogP contribution in [0, 0.1) is 5.41 Å². The lowest BCUT2D eigenvalue weighted by molar-refractivity contribution is 0.125. The molecule has 7 rings (SSSR count). The normalized spacial score (nSPS) is 18.1. The molecule has 0 bridgehead atoms. The van der Waals surface area contributed by atoms with E-state index in [1.54, 1.807) is 0 Å². The van der Waals surface area contributed by atoms with Crippen LogP contribution in [0.2, 0.25) is 0 Å². The van der Waals surface area contributed by atoms with Gasteiger partial charge >= 0.3 is 0 Å². The molecule has 2 nitrogen and oxygen atoms in total. The number of nitrogens with zero attached hydrogens (tertiary/aromatic N) is 1. The molecule has 0 saturated heterocycles. The summed E-state index contributed by atoms with van der Waals surface area (Å²) in [5, 5.41) is 5.17. The Labute approximate surface area is 206 Å². The second-order valence-corrected chi connectivity index (χ2v) is 12.0. The van der Waals surface area contributed by atoms with E-state index >= 15 is 0 Å². The third-order valence-corrected chi connectivity index (χ3v) is 10.0.